The Balaban J connectivity index is 1.86. The van der Waals surface area contributed by atoms with E-state index >= 15 is 0 Å². The fourth-order valence-corrected chi connectivity index (χ4v) is 2.13. The van der Waals surface area contributed by atoms with Crippen LogP contribution in [-0.4, -0.2) is 29.7 Å². The first kappa shape index (κ1) is 15.9. The minimum absolute atomic E-state index is 0.0320. The summed E-state index contributed by atoms with van der Waals surface area (Å²) in [4.78, 5) is 12.3. The van der Waals surface area contributed by atoms with Gasteiger partial charge in [-0.3, -0.25) is 4.79 Å². The Morgan fingerprint density at radius 1 is 1.18 bits per heavy atom. The quantitative estimate of drug-likeness (QED) is 0.826. The van der Waals surface area contributed by atoms with E-state index in [9.17, 15) is 4.79 Å². The van der Waals surface area contributed by atoms with Gasteiger partial charge in [-0.25, -0.2) is 0 Å². The Bertz CT molecular complexity index is 589. The fourth-order valence-electron chi connectivity index (χ4n) is 2.13. The molecule has 22 heavy (non-hydrogen) atoms. The van der Waals surface area contributed by atoms with Crippen LogP contribution in [0.25, 0.3) is 0 Å². The van der Waals surface area contributed by atoms with Crippen LogP contribution in [0.1, 0.15) is 13.8 Å². The number of hydrogen-bond donors (Lipinski definition) is 2. The van der Waals surface area contributed by atoms with Crippen LogP contribution in [0, 0.1) is 0 Å². The maximum atomic E-state index is 12.3. The standard InChI is InChI=1S/C17H23N3O2/c1-17(2,19-14-6-8-15(22-3)9-7-14)16(21)18-10-13-20-11-4-5-12-20/h4-9,11-12,19H,10,13H2,1-3H3,(H,18,21). The molecule has 0 atom stereocenters. The van der Waals surface area contributed by atoms with Gasteiger partial charge in [0.15, 0.2) is 0 Å². The molecule has 0 spiro atoms. The zero-order chi connectivity index (χ0) is 16.0. The lowest BCUT2D eigenvalue weighted by molar-refractivity contribution is -0.124. The minimum Gasteiger partial charge on any atom is -0.497 e. The summed E-state index contributed by atoms with van der Waals surface area (Å²) in [6.07, 6.45) is 3.96. The molecule has 5 nitrogen and oxygen atoms in total. The molecule has 2 aromatic rings. The van der Waals surface area contributed by atoms with Crippen LogP contribution in [0.15, 0.2) is 48.8 Å². The average molecular weight is 301 g/mol. The van der Waals surface area contributed by atoms with Crippen molar-refractivity contribution in [1.29, 1.82) is 0 Å². The summed E-state index contributed by atoms with van der Waals surface area (Å²) < 4.78 is 7.16. The Hall–Kier alpha value is -2.43. The van der Waals surface area contributed by atoms with Gasteiger partial charge in [0.25, 0.3) is 0 Å². The molecule has 1 aromatic heterocycles. The molecule has 0 aliphatic carbocycles. The molecular formula is C17H23N3O2. The highest BCUT2D eigenvalue weighted by Crippen LogP contribution is 2.19. The summed E-state index contributed by atoms with van der Waals surface area (Å²) in [5.74, 6) is 0.759. The van der Waals surface area contributed by atoms with Gasteiger partial charge in [0.1, 0.15) is 11.3 Å². The van der Waals surface area contributed by atoms with E-state index in [0.717, 1.165) is 18.0 Å². The molecule has 0 unspecified atom stereocenters. The largest absolute Gasteiger partial charge is 0.497 e. The summed E-state index contributed by atoms with van der Waals surface area (Å²) in [5.41, 5.74) is 0.192. The number of rotatable bonds is 7. The summed E-state index contributed by atoms with van der Waals surface area (Å²) in [6.45, 7) is 5.09. The lowest BCUT2D eigenvalue weighted by atomic mass is 10.0. The van der Waals surface area contributed by atoms with Crippen molar-refractivity contribution in [3.63, 3.8) is 0 Å². The smallest absolute Gasteiger partial charge is 0.245 e. The third-order valence-corrected chi connectivity index (χ3v) is 3.44. The zero-order valence-electron chi connectivity index (χ0n) is 13.3. The Kier molecular flexibility index (Phi) is 5.09. The topological polar surface area (TPSA) is 55.3 Å². The molecule has 0 aliphatic heterocycles. The van der Waals surface area contributed by atoms with Crippen LogP contribution < -0.4 is 15.4 Å². The molecule has 0 radical (unpaired) electrons. The number of benzene rings is 1. The van der Waals surface area contributed by atoms with Gasteiger partial charge in [0.05, 0.1) is 7.11 Å². The van der Waals surface area contributed by atoms with E-state index in [1.165, 1.54) is 0 Å². The van der Waals surface area contributed by atoms with Gasteiger partial charge in [0.2, 0.25) is 5.91 Å². The first-order valence-electron chi connectivity index (χ1n) is 7.32. The molecule has 0 aliphatic rings. The van der Waals surface area contributed by atoms with Gasteiger partial charge >= 0.3 is 0 Å². The van der Waals surface area contributed by atoms with E-state index in [4.69, 9.17) is 4.74 Å². The van der Waals surface area contributed by atoms with E-state index in [2.05, 4.69) is 10.6 Å². The third-order valence-electron chi connectivity index (χ3n) is 3.44. The number of aromatic nitrogens is 1. The Labute approximate surface area is 131 Å². The first-order chi connectivity index (χ1) is 10.5. The van der Waals surface area contributed by atoms with Gasteiger partial charge in [-0.15, -0.1) is 0 Å². The van der Waals surface area contributed by atoms with Crippen LogP contribution in [0.5, 0.6) is 5.75 Å². The number of hydrogen-bond acceptors (Lipinski definition) is 3. The normalized spacial score (nSPS) is 11.0. The van der Waals surface area contributed by atoms with E-state index in [-0.39, 0.29) is 5.91 Å². The summed E-state index contributed by atoms with van der Waals surface area (Å²) in [7, 11) is 1.63. The van der Waals surface area contributed by atoms with Crippen LogP contribution in [0.3, 0.4) is 0 Å². The van der Waals surface area contributed by atoms with Crippen LogP contribution >= 0.6 is 0 Å². The Morgan fingerprint density at radius 2 is 1.82 bits per heavy atom. The Morgan fingerprint density at radius 3 is 2.41 bits per heavy atom. The third kappa shape index (κ3) is 4.28. The van der Waals surface area contributed by atoms with Crippen molar-refractivity contribution >= 4 is 11.6 Å². The maximum Gasteiger partial charge on any atom is 0.245 e. The maximum absolute atomic E-state index is 12.3. The van der Waals surface area contributed by atoms with Crippen LogP contribution in [0.4, 0.5) is 5.69 Å². The molecule has 0 bridgehead atoms. The summed E-state index contributed by atoms with van der Waals surface area (Å²) >= 11 is 0. The molecule has 2 rings (SSSR count). The van der Waals surface area contributed by atoms with E-state index in [1.54, 1.807) is 7.11 Å². The van der Waals surface area contributed by atoms with Gasteiger partial charge in [-0.2, -0.15) is 0 Å². The number of carbonyl (C=O) groups excluding carboxylic acids is 1. The molecule has 1 amide bonds. The van der Waals surface area contributed by atoms with Crippen molar-refractivity contribution < 1.29 is 9.53 Å². The zero-order valence-corrected chi connectivity index (χ0v) is 13.3. The van der Waals surface area contributed by atoms with Gasteiger partial charge < -0.3 is 19.9 Å². The molecule has 2 N–H and O–H groups in total. The first-order valence-corrected chi connectivity index (χ1v) is 7.32. The lowest BCUT2D eigenvalue weighted by Gasteiger charge is -2.26. The summed E-state index contributed by atoms with van der Waals surface area (Å²) in [5, 5.41) is 6.20. The molecular weight excluding hydrogens is 278 g/mol. The monoisotopic (exact) mass is 301 g/mol. The number of carbonyl (C=O) groups is 1. The minimum atomic E-state index is -0.689. The van der Waals surface area contributed by atoms with Crippen LogP contribution in [0.2, 0.25) is 0 Å². The number of anilines is 1. The predicted molar refractivity (Wildman–Crippen MR) is 88.1 cm³/mol. The van der Waals surface area contributed by atoms with Gasteiger partial charge in [0, 0.05) is 31.2 Å². The fraction of sp³-hybridized carbons (Fsp3) is 0.353. The van der Waals surface area contributed by atoms with Crippen molar-refractivity contribution in [2.75, 3.05) is 19.0 Å². The molecule has 0 saturated heterocycles. The SMILES string of the molecule is COc1ccc(NC(C)(C)C(=O)NCCn2cccc2)cc1. The summed E-state index contributed by atoms with van der Waals surface area (Å²) in [6, 6.07) is 11.5. The van der Waals surface area contributed by atoms with Crippen molar-refractivity contribution in [1.82, 2.24) is 9.88 Å². The van der Waals surface area contributed by atoms with Gasteiger partial charge in [-0.1, -0.05) is 0 Å². The lowest BCUT2D eigenvalue weighted by Crippen LogP contribution is -2.48. The molecule has 1 heterocycles. The number of amides is 1. The van der Waals surface area contributed by atoms with Crippen molar-refractivity contribution in [3.8, 4) is 5.75 Å². The average Bonchev–Trinajstić information content (AvgIpc) is 3.01. The van der Waals surface area contributed by atoms with Crippen molar-refractivity contribution in [3.05, 3.63) is 48.8 Å². The molecule has 0 saturated carbocycles. The highest BCUT2D eigenvalue weighted by atomic mass is 16.5. The molecule has 1 aromatic carbocycles. The highest BCUT2D eigenvalue weighted by Gasteiger charge is 2.26. The van der Waals surface area contributed by atoms with Crippen molar-refractivity contribution in [2.45, 2.75) is 25.9 Å². The van der Waals surface area contributed by atoms with E-state index < -0.39 is 5.54 Å². The van der Waals surface area contributed by atoms with E-state index in [0.29, 0.717) is 6.54 Å². The number of methoxy groups -OCH3 is 1. The number of nitrogens with zero attached hydrogens (tertiary/aromatic N) is 1. The van der Waals surface area contributed by atoms with E-state index in [1.807, 2.05) is 67.2 Å². The molecule has 0 fully saturated rings. The van der Waals surface area contributed by atoms with Crippen molar-refractivity contribution in [2.24, 2.45) is 0 Å². The van der Waals surface area contributed by atoms with Gasteiger partial charge in [-0.05, 0) is 50.2 Å². The predicted octanol–water partition coefficient (Wildman–Crippen LogP) is 2.50. The number of ether oxygens (including phenoxy) is 1. The molecule has 5 heteroatoms. The second-order valence-electron chi connectivity index (χ2n) is 5.66. The second kappa shape index (κ2) is 7.02. The second-order valence-corrected chi connectivity index (χ2v) is 5.66. The number of nitrogens with one attached hydrogen (secondary N) is 2. The molecule has 118 valence electrons. The highest BCUT2D eigenvalue weighted by molar-refractivity contribution is 5.88. The van der Waals surface area contributed by atoms with Crippen LogP contribution in [-0.2, 0) is 11.3 Å².